The second-order valence-corrected chi connectivity index (χ2v) is 5.03. The molecule has 0 fully saturated rings. The summed E-state index contributed by atoms with van der Waals surface area (Å²) in [4.78, 5) is 0. The van der Waals surface area contributed by atoms with Gasteiger partial charge in [-0.1, -0.05) is 28.1 Å². The molecule has 0 aromatic heterocycles. The van der Waals surface area contributed by atoms with E-state index < -0.39 is 0 Å². The molecule has 0 aliphatic heterocycles. The van der Waals surface area contributed by atoms with E-state index in [1.165, 1.54) is 0 Å². The molecule has 3 heteroatoms. The summed E-state index contributed by atoms with van der Waals surface area (Å²) in [5, 5.41) is 9.87. The molecule has 2 atom stereocenters. The summed E-state index contributed by atoms with van der Waals surface area (Å²) in [5.74, 6) is 0. The maximum Gasteiger partial charge on any atom is 0.0581 e. The van der Waals surface area contributed by atoms with Gasteiger partial charge in [0.2, 0.25) is 0 Å². The first-order valence-electron chi connectivity index (χ1n) is 5.57. The molecule has 16 heavy (non-hydrogen) atoms. The largest absolute Gasteiger partial charge is 0.393 e. The second kappa shape index (κ2) is 7.05. The molecule has 1 aromatic rings. The summed E-state index contributed by atoms with van der Waals surface area (Å²) in [5.41, 5.74) is 1.16. The van der Waals surface area contributed by atoms with Crippen molar-refractivity contribution in [2.75, 3.05) is 7.11 Å². The van der Waals surface area contributed by atoms with Crippen LogP contribution in [0.15, 0.2) is 28.7 Å². The van der Waals surface area contributed by atoms with E-state index in [1.54, 1.807) is 7.11 Å². The van der Waals surface area contributed by atoms with Crippen LogP contribution >= 0.6 is 15.9 Å². The minimum absolute atomic E-state index is 0.220. The Hall–Kier alpha value is -0.380. The highest BCUT2D eigenvalue weighted by Crippen LogP contribution is 2.15. The molecular weight excluding hydrogens is 268 g/mol. The first-order valence-corrected chi connectivity index (χ1v) is 6.36. The van der Waals surface area contributed by atoms with Crippen LogP contribution in [0, 0.1) is 0 Å². The predicted octanol–water partition coefficient (Wildman–Crippen LogP) is 3.17. The Labute approximate surface area is 106 Å². The topological polar surface area (TPSA) is 29.5 Å². The number of aliphatic hydroxyl groups is 1. The zero-order valence-electron chi connectivity index (χ0n) is 9.82. The molecule has 0 amide bonds. The molecule has 0 saturated heterocycles. The van der Waals surface area contributed by atoms with Crippen molar-refractivity contribution in [3.63, 3.8) is 0 Å². The van der Waals surface area contributed by atoms with Crippen molar-refractivity contribution in [2.24, 2.45) is 0 Å². The van der Waals surface area contributed by atoms with Gasteiger partial charge in [0, 0.05) is 11.6 Å². The molecular formula is C13H19BrO2. The zero-order valence-corrected chi connectivity index (χ0v) is 11.4. The standard InChI is InChI=1S/C13H19BrO2/c1-10(16-2)6-7-13(15)9-11-4-3-5-12(14)8-11/h3-5,8,10,13,15H,6-7,9H2,1-2H3. The number of methoxy groups -OCH3 is 1. The molecule has 2 nitrogen and oxygen atoms in total. The van der Waals surface area contributed by atoms with Gasteiger partial charge in [0.05, 0.1) is 12.2 Å². The van der Waals surface area contributed by atoms with E-state index in [4.69, 9.17) is 4.74 Å². The zero-order chi connectivity index (χ0) is 12.0. The van der Waals surface area contributed by atoms with Gasteiger partial charge in [-0.25, -0.2) is 0 Å². The Bertz CT molecular complexity index is 315. The van der Waals surface area contributed by atoms with Gasteiger partial charge in [-0.15, -0.1) is 0 Å². The van der Waals surface area contributed by atoms with Crippen LogP contribution in [-0.2, 0) is 11.2 Å². The summed E-state index contributed by atoms with van der Waals surface area (Å²) in [6, 6.07) is 8.06. The van der Waals surface area contributed by atoms with Crippen molar-refractivity contribution in [2.45, 2.75) is 38.4 Å². The summed E-state index contributed by atoms with van der Waals surface area (Å²) >= 11 is 3.42. The molecule has 1 rings (SSSR count). The van der Waals surface area contributed by atoms with Crippen LogP contribution in [0.1, 0.15) is 25.3 Å². The number of benzene rings is 1. The van der Waals surface area contributed by atoms with Gasteiger partial charge in [-0.3, -0.25) is 0 Å². The maximum absolute atomic E-state index is 9.87. The highest BCUT2D eigenvalue weighted by molar-refractivity contribution is 9.10. The quantitative estimate of drug-likeness (QED) is 0.871. The molecule has 0 radical (unpaired) electrons. The third kappa shape index (κ3) is 5.10. The first-order chi connectivity index (χ1) is 7.61. The summed E-state index contributed by atoms with van der Waals surface area (Å²) in [6.07, 6.45) is 2.31. The van der Waals surface area contributed by atoms with E-state index >= 15 is 0 Å². The Morgan fingerprint density at radius 3 is 2.75 bits per heavy atom. The van der Waals surface area contributed by atoms with Crippen LogP contribution in [0.25, 0.3) is 0 Å². The van der Waals surface area contributed by atoms with E-state index in [0.717, 1.165) is 22.9 Å². The van der Waals surface area contributed by atoms with Crippen LogP contribution in [0.2, 0.25) is 0 Å². The lowest BCUT2D eigenvalue weighted by atomic mass is 10.0. The molecule has 0 spiro atoms. The third-order valence-corrected chi connectivity index (χ3v) is 3.16. The predicted molar refractivity (Wildman–Crippen MR) is 69.6 cm³/mol. The van der Waals surface area contributed by atoms with E-state index in [0.29, 0.717) is 6.42 Å². The number of aliphatic hydroxyl groups excluding tert-OH is 1. The van der Waals surface area contributed by atoms with Gasteiger partial charge >= 0.3 is 0 Å². The molecule has 1 aromatic carbocycles. The summed E-state index contributed by atoms with van der Waals surface area (Å²) < 4.78 is 6.21. The average molecular weight is 287 g/mol. The molecule has 0 saturated carbocycles. The highest BCUT2D eigenvalue weighted by atomic mass is 79.9. The maximum atomic E-state index is 9.87. The Kier molecular flexibility index (Phi) is 6.03. The SMILES string of the molecule is COC(C)CCC(O)Cc1cccc(Br)c1. The minimum atomic E-state index is -0.285. The number of rotatable bonds is 6. The van der Waals surface area contributed by atoms with E-state index in [2.05, 4.69) is 15.9 Å². The van der Waals surface area contributed by atoms with Crippen LogP contribution in [0.3, 0.4) is 0 Å². The average Bonchev–Trinajstić information content (AvgIpc) is 2.26. The van der Waals surface area contributed by atoms with Gasteiger partial charge in [0.15, 0.2) is 0 Å². The molecule has 0 aliphatic carbocycles. The van der Waals surface area contributed by atoms with E-state index in [-0.39, 0.29) is 12.2 Å². The van der Waals surface area contributed by atoms with Crippen molar-refractivity contribution >= 4 is 15.9 Å². The van der Waals surface area contributed by atoms with Crippen molar-refractivity contribution in [1.29, 1.82) is 0 Å². The molecule has 0 aliphatic rings. The minimum Gasteiger partial charge on any atom is -0.393 e. The van der Waals surface area contributed by atoms with E-state index in [1.807, 2.05) is 31.2 Å². The van der Waals surface area contributed by atoms with Crippen LogP contribution in [-0.4, -0.2) is 24.4 Å². The number of ether oxygens (including phenoxy) is 1. The van der Waals surface area contributed by atoms with Crippen LogP contribution < -0.4 is 0 Å². The molecule has 90 valence electrons. The van der Waals surface area contributed by atoms with Crippen molar-refractivity contribution in [3.8, 4) is 0 Å². The molecule has 2 unspecified atom stereocenters. The van der Waals surface area contributed by atoms with Crippen molar-refractivity contribution in [1.82, 2.24) is 0 Å². The van der Waals surface area contributed by atoms with E-state index in [9.17, 15) is 5.11 Å². The van der Waals surface area contributed by atoms with Crippen molar-refractivity contribution in [3.05, 3.63) is 34.3 Å². The summed E-state index contributed by atoms with van der Waals surface area (Å²) in [6.45, 7) is 2.02. The second-order valence-electron chi connectivity index (χ2n) is 4.11. The van der Waals surface area contributed by atoms with Gasteiger partial charge in [-0.2, -0.15) is 0 Å². The Balaban J connectivity index is 2.36. The highest BCUT2D eigenvalue weighted by Gasteiger charge is 2.08. The van der Waals surface area contributed by atoms with Crippen LogP contribution in [0.4, 0.5) is 0 Å². The van der Waals surface area contributed by atoms with Crippen molar-refractivity contribution < 1.29 is 9.84 Å². The van der Waals surface area contributed by atoms with Gasteiger partial charge in [0.1, 0.15) is 0 Å². The molecule has 0 heterocycles. The normalized spacial score (nSPS) is 14.8. The lowest BCUT2D eigenvalue weighted by Crippen LogP contribution is -2.14. The fourth-order valence-corrected chi connectivity index (χ4v) is 2.03. The Morgan fingerprint density at radius 2 is 2.12 bits per heavy atom. The fourth-order valence-electron chi connectivity index (χ4n) is 1.58. The number of hydrogen-bond acceptors (Lipinski definition) is 2. The molecule has 0 bridgehead atoms. The third-order valence-electron chi connectivity index (χ3n) is 2.67. The van der Waals surface area contributed by atoms with Gasteiger partial charge in [0.25, 0.3) is 0 Å². The lowest BCUT2D eigenvalue weighted by Gasteiger charge is -2.14. The monoisotopic (exact) mass is 286 g/mol. The van der Waals surface area contributed by atoms with Gasteiger partial charge < -0.3 is 9.84 Å². The number of hydrogen-bond donors (Lipinski definition) is 1. The number of halogens is 1. The fraction of sp³-hybridized carbons (Fsp3) is 0.538. The Morgan fingerprint density at radius 1 is 1.38 bits per heavy atom. The lowest BCUT2D eigenvalue weighted by molar-refractivity contribution is 0.0851. The van der Waals surface area contributed by atoms with Crippen LogP contribution in [0.5, 0.6) is 0 Å². The first kappa shape index (κ1) is 13.7. The molecule has 1 N–H and O–H groups in total. The van der Waals surface area contributed by atoms with Gasteiger partial charge in [-0.05, 0) is 43.9 Å². The summed E-state index contributed by atoms with van der Waals surface area (Å²) in [7, 11) is 1.70. The smallest absolute Gasteiger partial charge is 0.0581 e.